The van der Waals surface area contributed by atoms with Gasteiger partial charge in [-0.2, -0.15) is 0 Å². The number of thiazole rings is 1. The van der Waals surface area contributed by atoms with Crippen LogP contribution in [0.4, 0.5) is 0 Å². The SMILES string of the molecule is CCC[C@@H](C)NC(=O)COC(=O)Cc1cn2ccsc2n1. The second kappa shape index (κ2) is 7.21. The van der Waals surface area contributed by atoms with E-state index >= 15 is 0 Å². The van der Waals surface area contributed by atoms with Gasteiger partial charge in [0.2, 0.25) is 0 Å². The molecule has 0 aromatic carbocycles. The zero-order valence-corrected chi connectivity index (χ0v) is 13.0. The summed E-state index contributed by atoms with van der Waals surface area (Å²) in [7, 11) is 0. The molecule has 21 heavy (non-hydrogen) atoms. The first-order valence-corrected chi connectivity index (χ1v) is 7.82. The minimum atomic E-state index is -0.445. The predicted molar refractivity (Wildman–Crippen MR) is 80.2 cm³/mol. The monoisotopic (exact) mass is 309 g/mol. The minimum absolute atomic E-state index is 0.0756. The molecule has 0 spiro atoms. The summed E-state index contributed by atoms with van der Waals surface area (Å²) in [6.07, 6.45) is 5.65. The first-order chi connectivity index (χ1) is 10.1. The van der Waals surface area contributed by atoms with Gasteiger partial charge in [-0.1, -0.05) is 13.3 Å². The van der Waals surface area contributed by atoms with Crippen molar-refractivity contribution >= 4 is 28.2 Å². The molecule has 0 fully saturated rings. The maximum atomic E-state index is 11.7. The number of fused-ring (bicyclic) bond motifs is 1. The minimum Gasteiger partial charge on any atom is -0.455 e. The maximum absolute atomic E-state index is 11.7. The lowest BCUT2D eigenvalue weighted by molar-refractivity contribution is -0.148. The van der Waals surface area contributed by atoms with Gasteiger partial charge in [-0.3, -0.25) is 14.0 Å². The Morgan fingerprint density at radius 1 is 1.52 bits per heavy atom. The fourth-order valence-corrected chi connectivity index (χ4v) is 2.75. The molecule has 2 aromatic heterocycles. The van der Waals surface area contributed by atoms with Crippen molar-refractivity contribution in [3.8, 4) is 0 Å². The van der Waals surface area contributed by atoms with Crippen LogP contribution in [0.1, 0.15) is 32.4 Å². The topological polar surface area (TPSA) is 72.7 Å². The van der Waals surface area contributed by atoms with Crippen molar-refractivity contribution in [2.75, 3.05) is 6.61 Å². The molecule has 0 aliphatic rings. The van der Waals surface area contributed by atoms with Crippen LogP contribution < -0.4 is 5.32 Å². The average molecular weight is 309 g/mol. The van der Waals surface area contributed by atoms with Gasteiger partial charge in [0.25, 0.3) is 5.91 Å². The number of hydrogen-bond donors (Lipinski definition) is 1. The largest absolute Gasteiger partial charge is 0.455 e. The van der Waals surface area contributed by atoms with Crippen molar-refractivity contribution in [2.45, 2.75) is 39.2 Å². The van der Waals surface area contributed by atoms with Gasteiger partial charge in [0.05, 0.1) is 12.1 Å². The van der Waals surface area contributed by atoms with Crippen molar-refractivity contribution in [2.24, 2.45) is 0 Å². The molecule has 2 heterocycles. The number of ether oxygens (including phenoxy) is 1. The summed E-state index contributed by atoms with van der Waals surface area (Å²) in [5.74, 6) is -0.714. The van der Waals surface area contributed by atoms with Crippen molar-refractivity contribution in [3.05, 3.63) is 23.5 Å². The van der Waals surface area contributed by atoms with E-state index in [9.17, 15) is 9.59 Å². The van der Waals surface area contributed by atoms with Crippen molar-refractivity contribution in [1.29, 1.82) is 0 Å². The van der Waals surface area contributed by atoms with Crippen LogP contribution >= 0.6 is 11.3 Å². The van der Waals surface area contributed by atoms with Gasteiger partial charge in [-0.05, 0) is 13.3 Å². The zero-order valence-electron chi connectivity index (χ0n) is 12.2. The first-order valence-electron chi connectivity index (χ1n) is 6.94. The molecule has 2 rings (SSSR count). The van der Waals surface area contributed by atoms with Crippen LogP contribution in [0.2, 0.25) is 0 Å². The fraction of sp³-hybridized carbons (Fsp3) is 0.500. The highest BCUT2D eigenvalue weighted by Crippen LogP contribution is 2.11. The Bertz CT molecular complexity index is 591. The summed E-state index contributed by atoms with van der Waals surface area (Å²) in [6.45, 7) is 3.74. The molecule has 0 aliphatic carbocycles. The van der Waals surface area contributed by atoms with Crippen molar-refractivity contribution in [3.63, 3.8) is 0 Å². The van der Waals surface area contributed by atoms with Crippen LogP contribution in [0.3, 0.4) is 0 Å². The molecule has 0 radical (unpaired) electrons. The van der Waals surface area contributed by atoms with Gasteiger partial charge in [0, 0.05) is 23.8 Å². The predicted octanol–water partition coefficient (Wildman–Crippen LogP) is 1.79. The van der Waals surface area contributed by atoms with E-state index in [-0.39, 0.29) is 25.0 Å². The lowest BCUT2D eigenvalue weighted by Crippen LogP contribution is -2.35. The van der Waals surface area contributed by atoms with Crippen LogP contribution in [-0.2, 0) is 20.7 Å². The quantitative estimate of drug-likeness (QED) is 0.791. The van der Waals surface area contributed by atoms with Gasteiger partial charge in [0.1, 0.15) is 0 Å². The smallest absolute Gasteiger partial charge is 0.312 e. The van der Waals surface area contributed by atoms with Crippen molar-refractivity contribution < 1.29 is 14.3 Å². The molecule has 7 heteroatoms. The third-order valence-corrected chi connectivity index (χ3v) is 3.73. The summed E-state index contributed by atoms with van der Waals surface area (Å²) in [4.78, 5) is 28.4. The van der Waals surface area contributed by atoms with Crippen LogP contribution in [0.15, 0.2) is 17.8 Å². The lowest BCUT2D eigenvalue weighted by Gasteiger charge is -2.12. The highest BCUT2D eigenvalue weighted by Gasteiger charge is 2.12. The molecule has 1 N–H and O–H groups in total. The Morgan fingerprint density at radius 2 is 2.33 bits per heavy atom. The van der Waals surface area contributed by atoms with Crippen LogP contribution in [0.5, 0.6) is 0 Å². The highest BCUT2D eigenvalue weighted by atomic mass is 32.1. The number of imidazole rings is 1. The Hall–Kier alpha value is -1.89. The number of carbonyl (C=O) groups excluding carboxylic acids is 2. The van der Waals surface area contributed by atoms with E-state index in [0.717, 1.165) is 17.8 Å². The number of hydrogen-bond acceptors (Lipinski definition) is 5. The number of amides is 1. The lowest BCUT2D eigenvalue weighted by atomic mass is 10.2. The second-order valence-electron chi connectivity index (χ2n) is 4.92. The number of aromatic nitrogens is 2. The van der Waals surface area contributed by atoms with Crippen LogP contribution in [0, 0.1) is 0 Å². The molecule has 1 amide bonds. The van der Waals surface area contributed by atoms with E-state index in [1.165, 1.54) is 11.3 Å². The third-order valence-electron chi connectivity index (χ3n) is 2.96. The summed E-state index contributed by atoms with van der Waals surface area (Å²) >= 11 is 1.50. The first kappa shape index (κ1) is 15.5. The fourth-order valence-electron chi connectivity index (χ4n) is 2.03. The van der Waals surface area contributed by atoms with E-state index in [4.69, 9.17) is 4.74 Å². The zero-order chi connectivity index (χ0) is 15.2. The normalized spacial score (nSPS) is 12.3. The molecule has 0 saturated heterocycles. The Balaban J connectivity index is 1.74. The van der Waals surface area contributed by atoms with Gasteiger partial charge < -0.3 is 10.1 Å². The molecule has 0 aliphatic heterocycles. The molecule has 2 aromatic rings. The van der Waals surface area contributed by atoms with Crippen molar-refractivity contribution in [1.82, 2.24) is 14.7 Å². The standard InChI is InChI=1S/C14H19N3O3S/c1-3-4-10(2)15-12(18)9-20-13(19)7-11-8-17-5-6-21-14(17)16-11/h5-6,8,10H,3-4,7,9H2,1-2H3,(H,15,18)/t10-/m1/s1. The molecular weight excluding hydrogens is 290 g/mol. The molecule has 0 unspecified atom stereocenters. The molecule has 6 nitrogen and oxygen atoms in total. The van der Waals surface area contributed by atoms with Gasteiger partial charge >= 0.3 is 5.97 Å². The maximum Gasteiger partial charge on any atom is 0.312 e. The molecule has 0 bridgehead atoms. The van der Waals surface area contributed by atoms with Gasteiger partial charge in [0.15, 0.2) is 11.6 Å². The Kier molecular flexibility index (Phi) is 5.32. The van der Waals surface area contributed by atoms with E-state index in [1.54, 1.807) is 6.20 Å². The molecule has 114 valence electrons. The number of nitrogens with zero attached hydrogens (tertiary/aromatic N) is 2. The summed E-state index contributed by atoms with van der Waals surface area (Å²) in [5.41, 5.74) is 0.645. The number of carbonyl (C=O) groups is 2. The highest BCUT2D eigenvalue weighted by molar-refractivity contribution is 7.15. The third kappa shape index (κ3) is 4.56. The van der Waals surface area contributed by atoms with Crippen LogP contribution in [-0.4, -0.2) is 33.9 Å². The summed E-state index contributed by atoms with van der Waals surface area (Å²) in [6, 6.07) is 0.0983. The van der Waals surface area contributed by atoms with E-state index < -0.39 is 5.97 Å². The number of rotatable bonds is 7. The Labute approximate surface area is 127 Å². The van der Waals surface area contributed by atoms with Gasteiger partial charge in [-0.15, -0.1) is 11.3 Å². The second-order valence-corrected chi connectivity index (χ2v) is 5.79. The average Bonchev–Trinajstić information content (AvgIpc) is 2.97. The Morgan fingerprint density at radius 3 is 3.05 bits per heavy atom. The van der Waals surface area contributed by atoms with Gasteiger partial charge in [-0.25, -0.2) is 4.98 Å². The summed E-state index contributed by atoms with van der Waals surface area (Å²) < 4.78 is 6.82. The number of nitrogens with one attached hydrogen (secondary N) is 1. The van der Waals surface area contributed by atoms with E-state index in [2.05, 4.69) is 17.2 Å². The van der Waals surface area contributed by atoms with E-state index in [0.29, 0.717) is 5.69 Å². The summed E-state index contributed by atoms with van der Waals surface area (Å²) in [5, 5.41) is 4.71. The molecule has 0 saturated carbocycles. The van der Waals surface area contributed by atoms with Crippen LogP contribution in [0.25, 0.3) is 4.96 Å². The van der Waals surface area contributed by atoms with E-state index in [1.807, 2.05) is 22.9 Å². The number of esters is 1. The molecule has 1 atom stereocenters. The molecular formula is C14H19N3O3S.